The Kier molecular flexibility index (Phi) is 1.69. The molecule has 1 heterocycles. The van der Waals surface area contributed by atoms with Gasteiger partial charge in [0.2, 0.25) is 0 Å². The average Bonchev–Trinajstić information content (AvgIpc) is 2.87. The molecule has 4 atom stereocenters. The van der Waals surface area contributed by atoms with Gasteiger partial charge in [0.15, 0.2) is 0 Å². The number of rotatable bonds is 0. The highest BCUT2D eigenvalue weighted by Gasteiger charge is 2.73. The van der Waals surface area contributed by atoms with Crippen LogP contribution in [0.25, 0.3) is 0 Å². The summed E-state index contributed by atoms with van der Waals surface area (Å²) in [4.78, 5) is 0. The number of aryl methyl sites for hydroxylation is 1. The van der Waals surface area contributed by atoms with E-state index in [-0.39, 0.29) is 11.0 Å². The second-order valence-electron chi connectivity index (χ2n) is 7.33. The second-order valence-corrected chi connectivity index (χ2v) is 7.33. The Morgan fingerprint density at radius 2 is 2.00 bits per heavy atom. The molecule has 0 aromatic heterocycles. The summed E-state index contributed by atoms with van der Waals surface area (Å²) < 4.78 is 6.48. The molecule has 4 unspecified atom stereocenters. The molecule has 3 aliphatic rings. The Balaban J connectivity index is 2.01. The molecule has 0 saturated heterocycles. The molecule has 18 heavy (non-hydrogen) atoms. The zero-order valence-electron chi connectivity index (χ0n) is 11.8. The fourth-order valence-electron chi connectivity index (χ4n) is 5.30. The summed E-state index contributed by atoms with van der Waals surface area (Å²) in [5.74, 6) is 1.88. The summed E-state index contributed by atoms with van der Waals surface area (Å²) >= 11 is 0. The van der Waals surface area contributed by atoms with Crippen LogP contribution >= 0.6 is 0 Å². The summed E-state index contributed by atoms with van der Waals surface area (Å²) in [6.07, 6.45) is 4.05. The first kappa shape index (κ1) is 10.9. The van der Waals surface area contributed by atoms with Crippen LogP contribution in [0.1, 0.15) is 51.2 Å². The van der Waals surface area contributed by atoms with E-state index < -0.39 is 0 Å². The van der Waals surface area contributed by atoms with E-state index in [0.29, 0.717) is 5.41 Å². The second kappa shape index (κ2) is 2.79. The zero-order valence-corrected chi connectivity index (χ0v) is 11.8. The highest BCUT2D eigenvalue weighted by molar-refractivity contribution is 5.53. The predicted octanol–water partition coefficient (Wildman–Crippen LogP) is 4.22. The van der Waals surface area contributed by atoms with E-state index in [0.717, 1.165) is 11.7 Å². The maximum absolute atomic E-state index is 6.48. The van der Waals surface area contributed by atoms with Crippen LogP contribution in [0.5, 0.6) is 5.75 Å². The van der Waals surface area contributed by atoms with Crippen molar-refractivity contribution >= 4 is 0 Å². The lowest BCUT2D eigenvalue weighted by Gasteiger charge is -2.48. The van der Waals surface area contributed by atoms with Crippen molar-refractivity contribution in [2.75, 3.05) is 0 Å². The standard InChI is InChI=1S/C17H22O/c1-11-5-6-14-13(9-11)16(3)15(2)8-7-12(10-15)17(16,4)18-14/h5-6,9,12H,7-8,10H2,1-4H3. The highest BCUT2D eigenvalue weighted by atomic mass is 16.5. The largest absolute Gasteiger partial charge is 0.486 e. The molecule has 2 fully saturated rings. The van der Waals surface area contributed by atoms with Gasteiger partial charge in [-0.15, -0.1) is 0 Å². The van der Waals surface area contributed by atoms with Gasteiger partial charge < -0.3 is 4.74 Å². The van der Waals surface area contributed by atoms with E-state index in [1.807, 2.05) is 0 Å². The van der Waals surface area contributed by atoms with E-state index >= 15 is 0 Å². The van der Waals surface area contributed by atoms with Crippen molar-refractivity contribution in [3.05, 3.63) is 29.3 Å². The zero-order chi connectivity index (χ0) is 12.8. The molecule has 1 aromatic rings. The quantitative estimate of drug-likeness (QED) is 0.661. The van der Waals surface area contributed by atoms with Crippen molar-refractivity contribution in [2.24, 2.45) is 11.3 Å². The van der Waals surface area contributed by atoms with Crippen LogP contribution in [0.2, 0.25) is 0 Å². The number of ether oxygens (including phenoxy) is 1. The van der Waals surface area contributed by atoms with Gasteiger partial charge in [-0.25, -0.2) is 0 Å². The number of hydrogen-bond donors (Lipinski definition) is 0. The minimum Gasteiger partial charge on any atom is -0.486 e. The van der Waals surface area contributed by atoms with Gasteiger partial charge in [-0.3, -0.25) is 0 Å². The third kappa shape index (κ3) is 0.877. The lowest BCUT2D eigenvalue weighted by atomic mass is 9.56. The van der Waals surface area contributed by atoms with Crippen LogP contribution in [0, 0.1) is 18.3 Å². The van der Waals surface area contributed by atoms with E-state index in [2.05, 4.69) is 45.9 Å². The van der Waals surface area contributed by atoms with Crippen LogP contribution in [-0.2, 0) is 5.41 Å². The first-order valence-corrected chi connectivity index (χ1v) is 7.21. The number of benzene rings is 1. The van der Waals surface area contributed by atoms with Crippen molar-refractivity contribution in [2.45, 2.75) is 58.0 Å². The molecule has 2 aliphatic carbocycles. The fourth-order valence-corrected chi connectivity index (χ4v) is 5.30. The van der Waals surface area contributed by atoms with Gasteiger partial charge >= 0.3 is 0 Å². The Morgan fingerprint density at radius 1 is 1.22 bits per heavy atom. The molecular weight excluding hydrogens is 220 g/mol. The maximum Gasteiger partial charge on any atom is 0.124 e. The Bertz CT molecular complexity index is 549. The maximum atomic E-state index is 6.48. The molecule has 4 rings (SSSR count). The monoisotopic (exact) mass is 242 g/mol. The Labute approximate surface area is 110 Å². The van der Waals surface area contributed by atoms with E-state index in [4.69, 9.17) is 4.74 Å². The molecule has 96 valence electrons. The van der Waals surface area contributed by atoms with Crippen LogP contribution in [0.3, 0.4) is 0 Å². The third-order valence-corrected chi connectivity index (χ3v) is 6.72. The normalized spacial score (nSPS) is 47.9. The summed E-state index contributed by atoms with van der Waals surface area (Å²) in [5.41, 5.74) is 3.47. The van der Waals surface area contributed by atoms with Crippen LogP contribution in [-0.4, -0.2) is 5.60 Å². The van der Waals surface area contributed by atoms with E-state index in [1.165, 1.54) is 30.4 Å². The molecular formula is C17H22O. The first-order chi connectivity index (χ1) is 8.41. The summed E-state index contributed by atoms with van der Waals surface area (Å²) in [6, 6.07) is 6.73. The van der Waals surface area contributed by atoms with Crippen molar-refractivity contribution in [3.63, 3.8) is 0 Å². The van der Waals surface area contributed by atoms with Crippen molar-refractivity contribution in [1.29, 1.82) is 0 Å². The van der Waals surface area contributed by atoms with Crippen LogP contribution < -0.4 is 4.74 Å². The van der Waals surface area contributed by atoms with Gasteiger partial charge in [0.05, 0.1) is 0 Å². The molecule has 0 N–H and O–H groups in total. The van der Waals surface area contributed by atoms with Crippen LogP contribution in [0.4, 0.5) is 0 Å². The van der Waals surface area contributed by atoms with Crippen molar-refractivity contribution in [3.8, 4) is 5.75 Å². The summed E-state index contributed by atoms with van der Waals surface area (Å²) in [5, 5.41) is 0. The van der Waals surface area contributed by atoms with Crippen LogP contribution in [0.15, 0.2) is 18.2 Å². The molecule has 1 heteroatoms. The van der Waals surface area contributed by atoms with Gasteiger partial charge in [-0.1, -0.05) is 31.5 Å². The van der Waals surface area contributed by atoms with Gasteiger partial charge in [0.25, 0.3) is 0 Å². The van der Waals surface area contributed by atoms with Gasteiger partial charge in [-0.2, -0.15) is 0 Å². The van der Waals surface area contributed by atoms with Crippen molar-refractivity contribution in [1.82, 2.24) is 0 Å². The minimum absolute atomic E-state index is 0.0239. The van der Waals surface area contributed by atoms with Gasteiger partial charge in [-0.05, 0) is 50.5 Å². The lowest BCUT2D eigenvalue weighted by Crippen LogP contribution is -2.54. The SMILES string of the molecule is Cc1ccc2c(c1)C1(C)C3(C)CCC(C3)C1(C)O2. The van der Waals surface area contributed by atoms with Gasteiger partial charge in [0, 0.05) is 11.0 Å². The number of fused-ring (bicyclic) bond motifs is 7. The van der Waals surface area contributed by atoms with E-state index in [9.17, 15) is 0 Å². The Hall–Kier alpha value is -0.980. The lowest BCUT2D eigenvalue weighted by molar-refractivity contribution is -0.0260. The summed E-state index contributed by atoms with van der Waals surface area (Å²) in [7, 11) is 0. The molecule has 0 radical (unpaired) electrons. The minimum atomic E-state index is 0.0239. The highest BCUT2D eigenvalue weighted by Crippen LogP contribution is 2.73. The molecule has 1 nitrogen and oxygen atoms in total. The average molecular weight is 242 g/mol. The van der Waals surface area contributed by atoms with E-state index in [1.54, 1.807) is 0 Å². The topological polar surface area (TPSA) is 9.23 Å². The fraction of sp³-hybridized carbons (Fsp3) is 0.647. The molecule has 1 aromatic carbocycles. The third-order valence-electron chi connectivity index (χ3n) is 6.72. The molecule has 2 saturated carbocycles. The predicted molar refractivity (Wildman–Crippen MR) is 73.0 cm³/mol. The number of hydrogen-bond acceptors (Lipinski definition) is 1. The molecule has 1 aliphatic heterocycles. The summed E-state index contributed by atoms with van der Waals surface area (Å²) in [6.45, 7) is 9.49. The Morgan fingerprint density at radius 3 is 2.78 bits per heavy atom. The van der Waals surface area contributed by atoms with Gasteiger partial charge in [0.1, 0.15) is 11.4 Å². The van der Waals surface area contributed by atoms with Crippen molar-refractivity contribution < 1.29 is 4.74 Å². The molecule has 2 bridgehead atoms. The first-order valence-electron chi connectivity index (χ1n) is 7.21. The smallest absolute Gasteiger partial charge is 0.124 e. The molecule has 0 amide bonds. The molecule has 0 spiro atoms.